The monoisotopic (exact) mass is 267 g/mol. The quantitative estimate of drug-likeness (QED) is 0.846. The highest BCUT2D eigenvalue weighted by Crippen LogP contribution is 2.41. The van der Waals surface area contributed by atoms with E-state index in [1.54, 1.807) is 6.07 Å². The molecule has 20 heavy (non-hydrogen) atoms. The average Bonchev–Trinajstić information content (AvgIpc) is 2.50. The zero-order valence-corrected chi connectivity index (χ0v) is 11.2. The van der Waals surface area contributed by atoms with Gasteiger partial charge in [0.05, 0.1) is 0 Å². The van der Waals surface area contributed by atoms with Gasteiger partial charge >= 0.3 is 0 Å². The van der Waals surface area contributed by atoms with Gasteiger partial charge < -0.3 is 9.88 Å². The zero-order chi connectivity index (χ0) is 13.6. The van der Waals surface area contributed by atoms with E-state index in [-0.39, 0.29) is 11.0 Å². The predicted molar refractivity (Wildman–Crippen MR) is 76.8 cm³/mol. The van der Waals surface area contributed by atoms with Crippen LogP contribution in [-0.2, 0) is 12.0 Å². The minimum Gasteiger partial charge on any atom is -0.315 e. The first kappa shape index (κ1) is 11.9. The summed E-state index contributed by atoms with van der Waals surface area (Å²) in [6, 6.07) is 11.7. The van der Waals surface area contributed by atoms with E-state index in [1.165, 1.54) is 0 Å². The van der Waals surface area contributed by atoms with Crippen molar-refractivity contribution in [3.05, 3.63) is 64.3 Å². The Hall–Kier alpha value is -1.94. The van der Waals surface area contributed by atoms with Gasteiger partial charge in [0.1, 0.15) is 0 Å². The van der Waals surface area contributed by atoms with Gasteiger partial charge in [0.15, 0.2) is 0 Å². The maximum atomic E-state index is 12.2. The van der Waals surface area contributed by atoms with Crippen molar-refractivity contribution in [3.63, 3.8) is 0 Å². The molecule has 2 atom stereocenters. The second kappa shape index (κ2) is 4.28. The fourth-order valence-corrected chi connectivity index (χ4v) is 3.75. The number of fused-ring (bicyclic) bond motifs is 4. The first-order valence-electron chi connectivity index (χ1n) is 7.11. The van der Waals surface area contributed by atoms with E-state index in [9.17, 15) is 4.79 Å². The van der Waals surface area contributed by atoms with Crippen LogP contribution in [0.2, 0.25) is 0 Å². The molecule has 2 aromatic heterocycles. The third-order valence-electron chi connectivity index (χ3n) is 4.66. The Kier molecular flexibility index (Phi) is 2.54. The van der Waals surface area contributed by atoms with Gasteiger partial charge in [0.2, 0.25) is 0 Å². The van der Waals surface area contributed by atoms with Gasteiger partial charge in [0.25, 0.3) is 5.56 Å². The molecule has 4 nitrogen and oxygen atoms in total. The maximum Gasteiger partial charge on any atom is 0.250 e. The Morgan fingerprint density at radius 3 is 3.05 bits per heavy atom. The van der Waals surface area contributed by atoms with Crippen molar-refractivity contribution in [2.24, 2.45) is 0 Å². The number of rotatable bonds is 1. The molecule has 4 heterocycles. The number of piperidine rings is 1. The molecule has 0 saturated carbocycles. The van der Waals surface area contributed by atoms with E-state index < -0.39 is 0 Å². The minimum atomic E-state index is -0.0532. The average molecular weight is 267 g/mol. The Morgan fingerprint density at radius 1 is 1.25 bits per heavy atom. The maximum absolute atomic E-state index is 12.2. The number of hydrogen-bond acceptors (Lipinski definition) is 3. The lowest BCUT2D eigenvalue weighted by Gasteiger charge is -2.46. The van der Waals surface area contributed by atoms with Crippen molar-refractivity contribution in [1.82, 2.24) is 14.9 Å². The number of hydrogen-bond donors (Lipinski definition) is 1. The van der Waals surface area contributed by atoms with Crippen LogP contribution in [0, 0.1) is 0 Å². The highest BCUT2D eigenvalue weighted by molar-refractivity contribution is 5.27. The number of aromatic nitrogens is 2. The molecular formula is C16H17N3O. The summed E-state index contributed by atoms with van der Waals surface area (Å²) in [5.74, 6) is 0.397. The van der Waals surface area contributed by atoms with Gasteiger partial charge in [-0.2, -0.15) is 0 Å². The summed E-state index contributed by atoms with van der Waals surface area (Å²) in [5, 5.41) is 3.53. The van der Waals surface area contributed by atoms with Crippen molar-refractivity contribution in [2.45, 2.75) is 24.3 Å². The lowest BCUT2D eigenvalue weighted by Crippen LogP contribution is -2.55. The first-order valence-corrected chi connectivity index (χ1v) is 7.11. The molecular weight excluding hydrogens is 250 g/mol. The largest absolute Gasteiger partial charge is 0.315 e. The van der Waals surface area contributed by atoms with Crippen molar-refractivity contribution in [2.75, 3.05) is 13.1 Å². The molecule has 0 spiro atoms. The van der Waals surface area contributed by atoms with Crippen molar-refractivity contribution < 1.29 is 0 Å². The van der Waals surface area contributed by atoms with Crippen LogP contribution in [0.4, 0.5) is 0 Å². The normalized spacial score (nSPS) is 27.9. The Bertz CT molecular complexity index is 694. The summed E-state index contributed by atoms with van der Waals surface area (Å²) >= 11 is 0. The first-order chi connectivity index (χ1) is 9.78. The van der Waals surface area contributed by atoms with Crippen LogP contribution in [0.1, 0.15) is 23.7 Å². The minimum absolute atomic E-state index is 0.0532. The lowest BCUT2D eigenvalue weighted by atomic mass is 9.70. The third kappa shape index (κ3) is 1.64. The molecule has 2 aliphatic heterocycles. The summed E-state index contributed by atoms with van der Waals surface area (Å²) in [5.41, 5.74) is 2.31. The van der Waals surface area contributed by atoms with Gasteiger partial charge in [-0.05, 0) is 24.6 Å². The molecule has 2 aliphatic rings. The Labute approximate surface area is 117 Å². The fraction of sp³-hybridized carbons (Fsp3) is 0.375. The topological polar surface area (TPSA) is 46.9 Å². The van der Waals surface area contributed by atoms with Gasteiger partial charge in [-0.3, -0.25) is 9.78 Å². The van der Waals surface area contributed by atoms with Crippen molar-refractivity contribution >= 4 is 0 Å². The SMILES string of the molecule is O=c1cccc2n1C[C@]1(c3ccccn3)CNC[C@H]2C1. The number of pyridine rings is 2. The summed E-state index contributed by atoms with van der Waals surface area (Å²) in [6.07, 6.45) is 2.91. The highest BCUT2D eigenvalue weighted by atomic mass is 16.1. The molecule has 0 aliphatic carbocycles. The molecule has 1 saturated heterocycles. The van der Waals surface area contributed by atoms with Crippen molar-refractivity contribution in [1.29, 1.82) is 0 Å². The van der Waals surface area contributed by atoms with Crippen LogP contribution in [0.15, 0.2) is 47.4 Å². The molecule has 1 N–H and O–H groups in total. The van der Waals surface area contributed by atoms with E-state index in [4.69, 9.17) is 0 Å². The van der Waals surface area contributed by atoms with E-state index in [0.717, 1.165) is 37.4 Å². The number of nitrogens with zero attached hydrogens (tertiary/aromatic N) is 2. The summed E-state index contributed by atoms with van der Waals surface area (Å²) in [7, 11) is 0. The fourth-order valence-electron chi connectivity index (χ4n) is 3.75. The van der Waals surface area contributed by atoms with Crippen LogP contribution < -0.4 is 10.9 Å². The third-order valence-corrected chi connectivity index (χ3v) is 4.66. The molecule has 102 valence electrons. The summed E-state index contributed by atoms with van der Waals surface area (Å²) < 4.78 is 1.95. The van der Waals surface area contributed by atoms with Crippen molar-refractivity contribution in [3.8, 4) is 0 Å². The Balaban J connectivity index is 1.88. The van der Waals surface area contributed by atoms with E-state index >= 15 is 0 Å². The molecule has 2 aromatic rings. The summed E-state index contributed by atoms with van der Waals surface area (Å²) in [6.45, 7) is 2.56. The Morgan fingerprint density at radius 2 is 2.20 bits per heavy atom. The molecule has 1 fully saturated rings. The second-order valence-corrected chi connectivity index (χ2v) is 5.90. The van der Waals surface area contributed by atoms with E-state index in [0.29, 0.717) is 5.92 Å². The molecule has 4 rings (SSSR count). The van der Waals surface area contributed by atoms with Crippen LogP contribution in [0.25, 0.3) is 0 Å². The summed E-state index contributed by atoms with van der Waals surface area (Å²) in [4.78, 5) is 16.8. The van der Waals surface area contributed by atoms with E-state index in [1.807, 2.05) is 29.0 Å². The molecule has 0 radical (unpaired) electrons. The van der Waals surface area contributed by atoms with Crippen LogP contribution >= 0.6 is 0 Å². The number of nitrogens with one attached hydrogen (secondary N) is 1. The van der Waals surface area contributed by atoms with Gasteiger partial charge in [0, 0.05) is 54.6 Å². The molecule has 0 unspecified atom stereocenters. The van der Waals surface area contributed by atoms with E-state index in [2.05, 4.69) is 22.4 Å². The molecule has 2 bridgehead atoms. The molecule has 4 heteroatoms. The lowest BCUT2D eigenvalue weighted by molar-refractivity contribution is 0.202. The van der Waals surface area contributed by atoms with Crippen LogP contribution in [-0.4, -0.2) is 22.6 Å². The molecule has 0 aromatic carbocycles. The van der Waals surface area contributed by atoms with Crippen LogP contribution in [0.5, 0.6) is 0 Å². The standard InChI is InChI=1S/C16H17N3O/c20-15-6-3-4-13-12-8-16(10-17-9-12,11-19(13)15)14-5-1-2-7-18-14/h1-7,12,17H,8-11H2/t12-,16-/m1/s1. The van der Waals surface area contributed by atoms with Gasteiger partial charge in [-0.25, -0.2) is 0 Å². The predicted octanol–water partition coefficient (Wildman–Crippen LogP) is 1.27. The van der Waals surface area contributed by atoms with Crippen LogP contribution in [0.3, 0.4) is 0 Å². The van der Waals surface area contributed by atoms with Gasteiger partial charge in [-0.15, -0.1) is 0 Å². The smallest absolute Gasteiger partial charge is 0.250 e. The molecule has 0 amide bonds. The second-order valence-electron chi connectivity index (χ2n) is 5.90. The zero-order valence-electron chi connectivity index (χ0n) is 11.2. The highest BCUT2D eigenvalue weighted by Gasteiger charge is 2.44. The van der Waals surface area contributed by atoms with Gasteiger partial charge in [-0.1, -0.05) is 12.1 Å².